The van der Waals surface area contributed by atoms with Crippen molar-refractivity contribution < 1.29 is 8.78 Å². The molecule has 0 aromatic heterocycles. The second-order valence-electron chi connectivity index (χ2n) is 5.79. The Morgan fingerprint density at radius 1 is 0.773 bits per heavy atom. The van der Waals surface area contributed by atoms with Gasteiger partial charge in [-0.1, -0.05) is 75.2 Å². The van der Waals surface area contributed by atoms with E-state index in [2.05, 4.69) is 31.2 Å². The van der Waals surface area contributed by atoms with E-state index in [1.165, 1.54) is 43.9 Å². The zero-order valence-electron chi connectivity index (χ0n) is 13.4. The molecule has 0 aliphatic heterocycles. The molecule has 118 valence electrons. The number of benzene rings is 2. The van der Waals surface area contributed by atoms with Crippen molar-refractivity contribution in [3.63, 3.8) is 0 Å². The molecule has 0 fully saturated rings. The Balaban J connectivity index is 2.08. The molecular weight excluding hydrogens is 278 g/mol. The fourth-order valence-corrected chi connectivity index (χ4v) is 2.55. The fraction of sp³-hybridized carbons (Fsp3) is 0.400. The third-order valence-corrected chi connectivity index (χ3v) is 4.11. The predicted molar refractivity (Wildman–Crippen MR) is 89.3 cm³/mol. The molecular formula is C20H24F2. The van der Waals surface area contributed by atoms with Crippen LogP contribution < -0.4 is 0 Å². The number of halogens is 2. The monoisotopic (exact) mass is 302 g/mol. The zero-order chi connectivity index (χ0) is 16.0. The number of aryl methyl sites for hydroxylation is 1. The van der Waals surface area contributed by atoms with Crippen molar-refractivity contribution in [3.8, 4) is 11.1 Å². The lowest BCUT2D eigenvalue weighted by molar-refractivity contribution is -0.00826. The molecule has 0 unspecified atom stereocenters. The van der Waals surface area contributed by atoms with Crippen molar-refractivity contribution in [2.75, 3.05) is 0 Å². The Morgan fingerprint density at radius 2 is 1.32 bits per heavy atom. The number of alkyl halides is 2. The lowest BCUT2D eigenvalue weighted by atomic mass is 9.98. The first kappa shape index (κ1) is 16.7. The first-order valence-corrected chi connectivity index (χ1v) is 8.14. The van der Waals surface area contributed by atoms with Crippen molar-refractivity contribution >= 4 is 0 Å². The van der Waals surface area contributed by atoms with Crippen LogP contribution in [-0.4, -0.2) is 0 Å². The SMILES string of the molecule is CCCCCc1ccc(-c2ccc(C(F)(F)CC)cc2)cc1. The van der Waals surface area contributed by atoms with Crippen LogP contribution in [0.15, 0.2) is 48.5 Å². The maximum atomic E-state index is 13.6. The van der Waals surface area contributed by atoms with Crippen LogP contribution in [-0.2, 0) is 12.3 Å². The Morgan fingerprint density at radius 3 is 1.82 bits per heavy atom. The number of hydrogen-bond donors (Lipinski definition) is 0. The topological polar surface area (TPSA) is 0 Å². The minimum atomic E-state index is -2.73. The third-order valence-electron chi connectivity index (χ3n) is 4.11. The Kier molecular flexibility index (Phi) is 5.70. The Hall–Kier alpha value is -1.70. The molecule has 2 rings (SSSR count). The van der Waals surface area contributed by atoms with Crippen LogP contribution >= 0.6 is 0 Å². The van der Waals surface area contributed by atoms with E-state index in [0.29, 0.717) is 0 Å². The highest BCUT2D eigenvalue weighted by molar-refractivity contribution is 5.64. The molecule has 0 saturated carbocycles. The summed E-state index contributed by atoms with van der Waals surface area (Å²) in [5.74, 6) is -2.73. The van der Waals surface area contributed by atoms with E-state index < -0.39 is 5.92 Å². The van der Waals surface area contributed by atoms with Crippen LogP contribution in [0.1, 0.15) is 50.7 Å². The predicted octanol–water partition coefficient (Wildman–Crippen LogP) is 6.59. The third kappa shape index (κ3) is 4.16. The number of hydrogen-bond acceptors (Lipinski definition) is 0. The first-order valence-electron chi connectivity index (χ1n) is 8.14. The smallest absolute Gasteiger partial charge is 0.201 e. The van der Waals surface area contributed by atoms with Gasteiger partial charge in [0, 0.05) is 12.0 Å². The summed E-state index contributed by atoms with van der Waals surface area (Å²) in [6, 6.07) is 15.1. The summed E-state index contributed by atoms with van der Waals surface area (Å²) in [7, 11) is 0. The van der Waals surface area contributed by atoms with Crippen LogP contribution in [0.2, 0.25) is 0 Å². The highest BCUT2D eigenvalue weighted by Gasteiger charge is 2.28. The minimum Gasteiger partial charge on any atom is -0.201 e. The minimum absolute atomic E-state index is 0.0925. The van der Waals surface area contributed by atoms with E-state index >= 15 is 0 Å². The van der Waals surface area contributed by atoms with E-state index in [0.717, 1.165) is 17.5 Å². The highest BCUT2D eigenvalue weighted by atomic mass is 19.3. The van der Waals surface area contributed by atoms with Gasteiger partial charge in [0.2, 0.25) is 0 Å². The summed E-state index contributed by atoms with van der Waals surface area (Å²) in [5, 5.41) is 0. The molecule has 0 aliphatic carbocycles. The molecule has 0 atom stereocenters. The molecule has 0 spiro atoms. The lowest BCUT2D eigenvalue weighted by Crippen LogP contribution is -2.10. The maximum absolute atomic E-state index is 13.6. The number of rotatable bonds is 7. The van der Waals surface area contributed by atoms with E-state index in [9.17, 15) is 8.78 Å². The maximum Gasteiger partial charge on any atom is 0.273 e. The first-order chi connectivity index (χ1) is 10.6. The summed E-state index contributed by atoms with van der Waals surface area (Å²) >= 11 is 0. The fourth-order valence-electron chi connectivity index (χ4n) is 2.55. The standard InChI is InChI=1S/C20H24F2/c1-3-5-6-7-16-8-10-17(11-9-16)18-12-14-19(15-13-18)20(21,22)4-2/h8-15H,3-7H2,1-2H3. The molecule has 0 aliphatic rings. The van der Waals surface area contributed by atoms with Gasteiger partial charge in [-0.3, -0.25) is 0 Å². The van der Waals surface area contributed by atoms with Crippen molar-refractivity contribution in [2.24, 2.45) is 0 Å². The van der Waals surface area contributed by atoms with Crippen LogP contribution in [0, 0.1) is 0 Å². The number of unbranched alkanes of at least 4 members (excludes halogenated alkanes) is 2. The summed E-state index contributed by atoms with van der Waals surface area (Å²) < 4.78 is 27.2. The summed E-state index contributed by atoms with van der Waals surface area (Å²) in [6.45, 7) is 3.71. The lowest BCUT2D eigenvalue weighted by Gasteiger charge is -2.14. The van der Waals surface area contributed by atoms with Gasteiger partial charge in [-0.2, -0.15) is 0 Å². The highest BCUT2D eigenvalue weighted by Crippen LogP contribution is 2.32. The molecule has 2 aromatic carbocycles. The van der Waals surface area contributed by atoms with E-state index in [-0.39, 0.29) is 12.0 Å². The average molecular weight is 302 g/mol. The van der Waals surface area contributed by atoms with Gasteiger partial charge < -0.3 is 0 Å². The van der Waals surface area contributed by atoms with E-state index in [1.54, 1.807) is 12.1 Å². The van der Waals surface area contributed by atoms with Crippen LogP contribution in [0.3, 0.4) is 0 Å². The van der Waals surface area contributed by atoms with Gasteiger partial charge in [-0.15, -0.1) is 0 Å². The van der Waals surface area contributed by atoms with Gasteiger partial charge >= 0.3 is 0 Å². The Bertz CT molecular complexity index is 568. The van der Waals surface area contributed by atoms with E-state index in [4.69, 9.17) is 0 Å². The second-order valence-corrected chi connectivity index (χ2v) is 5.79. The van der Waals surface area contributed by atoms with Gasteiger partial charge in [0.05, 0.1) is 0 Å². The largest absolute Gasteiger partial charge is 0.273 e. The molecule has 0 saturated heterocycles. The average Bonchev–Trinajstić information content (AvgIpc) is 2.56. The van der Waals surface area contributed by atoms with Crippen molar-refractivity contribution in [2.45, 2.75) is 51.9 Å². The Labute approximate surface area is 132 Å². The van der Waals surface area contributed by atoms with Crippen LogP contribution in [0.4, 0.5) is 8.78 Å². The zero-order valence-corrected chi connectivity index (χ0v) is 13.4. The molecule has 0 radical (unpaired) electrons. The van der Waals surface area contributed by atoms with E-state index in [1.807, 2.05) is 0 Å². The summed E-state index contributed by atoms with van der Waals surface area (Å²) in [5.41, 5.74) is 3.49. The molecule has 0 amide bonds. The van der Waals surface area contributed by atoms with Crippen molar-refractivity contribution in [1.82, 2.24) is 0 Å². The van der Waals surface area contributed by atoms with Gasteiger partial charge in [-0.05, 0) is 29.5 Å². The van der Waals surface area contributed by atoms with Gasteiger partial charge in [0.1, 0.15) is 0 Å². The summed E-state index contributed by atoms with van der Waals surface area (Å²) in [6.07, 6.45) is 4.65. The molecule has 0 N–H and O–H groups in total. The second kappa shape index (κ2) is 7.53. The van der Waals surface area contributed by atoms with Gasteiger partial charge in [0.25, 0.3) is 5.92 Å². The van der Waals surface area contributed by atoms with Crippen LogP contribution in [0.5, 0.6) is 0 Å². The molecule has 0 nitrogen and oxygen atoms in total. The molecule has 0 heterocycles. The van der Waals surface area contributed by atoms with Gasteiger partial charge in [-0.25, -0.2) is 8.78 Å². The molecule has 2 heteroatoms. The summed E-state index contributed by atoms with van der Waals surface area (Å²) in [4.78, 5) is 0. The van der Waals surface area contributed by atoms with Crippen LogP contribution in [0.25, 0.3) is 11.1 Å². The normalized spacial score (nSPS) is 11.6. The molecule has 2 aromatic rings. The van der Waals surface area contributed by atoms with Crippen molar-refractivity contribution in [1.29, 1.82) is 0 Å². The van der Waals surface area contributed by atoms with Crippen molar-refractivity contribution in [3.05, 3.63) is 59.7 Å². The quantitative estimate of drug-likeness (QED) is 0.506. The van der Waals surface area contributed by atoms with Gasteiger partial charge in [0.15, 0.2) is 0 Å². The molecule has 0 bridgehead atoms. The molecule has 22 heavy (non-hydrogen) atoms.